The van der Waals surface area contributed by atoms with Gasteiger partial charge in [0.2, 0.25) is 0 Å². The second-order valence-corrected chi connectivity index (χ2v) is 16.1. The van der Waals surface area contributed by atoms with Gasteiger partial charge in [-0.1, -0.05) is 82.6 Å². The highest BCUT2D eigenvalue weighted by molar-refractivity contribution is 5.55. The van der Waals surface area contributed by atoms with Gasteiger partial charge in [0.05, 0.1) is 0 Å². The minimum atomic E-state index is -0.0588. The van der Waals surface area contributed by atoms with Crippen molar-refractivity contribution >= 4 is 11.4 Å². The van der Waals surface area contributed by atoms with Crippen LogP contribution in [-0.2, 0) is 5.41 Å². The van der Waals surface area contributed by atoms with Crippen molar-refractivity contribution in [1.29, 1.82) is 0 Å². The van der Waals surface area contributed by atoms with Crippen molar-refractivity contribution in [1.82, 2.24) is 0 Å². The van der Waals surface area contributed by atoms with Crippen LogP contribution in [0.1, 0.15) is 130 Å². The minimum Gasteiger partial charge on any atom is -0.457 e. The summed E-state index contributed by atoms with van der Waals surface area (Å²) < 4.78 is 12.9. The summed E-state index contributed by atoms with van der Waals surface area (Å²) >= 11 is 0. The summed E-state index contributed by atoms with van der Waals surface area (Å²) in [5.41, 5.74) is 20.9. The lowest BCUT2D eigenvalue weighted by Gasteiger charge is -2.45. The monoisotopic (exact) mass is 686 g/mol. The molecular formula is C47H62N2O2. The number of unbranched alkanes of at least 4 members (excludes halogenated alkanes) is 4. The molecule has 51 heavy (non-hydrogen) atoms. The molecule has 4 aromatic carbocycles. The number of rotatable bonds is 13. The Morgan fingerprint density at radius 2 is 0.961 bits per heavy atom. The molecule has 0 unspecified atom stereocenters. The molecule has 4 heteroatoms. The normalized spacial score (nSPS) is 19.2. The zero-order chi connectivity index (χ0) is 36.0. The predicted octanol–water partition coefficient (Wildman–Crippen LogP) is 13.3. The van der Waals surface area contributed by atoms with Gasteiger partial charge in [-0.25, -0.2) is 0 Å². The topological polar surface area (TPSA) is 70.5 Å². The first-order chi connectivity index (χ1) is 24.6. The molecule has 2 aliphatic rings. The van der Waals surface area contributed by atoms with Gasteiger partial charge in [-0.2, -0.15) is 0 Å². The fourth-order valence-electron chi connectivity index (χ4n) is 9.42. The van der Waals surface area contributed by atoms with Crippen LogP contribution in [0.3, 0.4) is 0 Å². The summed E-state index contributed by atoms with van der Waals surface area (Å²) in [5, 5.41) is 0. The van der Waals surface area contributed by atoms with Crippen LogP contribution in [-0.4, -0.2) is 0 Å². The third-order valence-corrected chi connectivity index (χ3v) is 12.4. The zero-order valence-corrected chi connectivity index (χ0v) is 32.0. The van der Waals surface area contributed by atoms with Crippen molar-refractivity contribution in [2.75, 3.05) is 11.5 Å². The van der Waals surface area contributed by atoms with Gasteiger partial charge in [-0.05, 0) is 166 Å². The Bertz CT molecular complexity index is 1570. The number of anilines is 2. The van der Waals surface area contributed by atoms with Gasteiger partial charge in [-0.15, -0.1) is 0 Å². The molecule has 0 spiro atoms. The van der Waals surface area contributed by atoms with E-state index in [1.165, 1.54) is 123 Å². The first-order valence-electron chi connectivity index (χ1n) is 20.0. The third-order valence-electron chi connectivity index (χ3n) is 12.4. The molecule has 2 fully saturated rings. The average Bonchev–Trinajstić information content (AvgIpc) is 3.13. The smallest absolute Gasteiger partial charge is 0.133 e. The second-order valence-electron chi connectivity index (χ2n) is 16.1. The van der Waals surface area contributed by atoms with Gasteiger partial charge in [0, 0.05) is 16.8 Å². The molecule has 272 valence electrons. The zero-order valence-electron chi connectivity index (χ0n) is 32.0. The molecule has 4 aromatic rings. The molecule has 0 saturated heterocycles. The summed E-state index contributed by atoms with van der Waals surface area (Å²) in [4.78, 5) is 0. The number of nitrogens with two attached hydrogens (primary N) is 2. The molecule has 2 aliphatic carbocycles. The molecule has 0 radical (unpaired) electrons. The first-order valence-corrected chi connectivity index (χ1v) is 20.0. The predicted molar refractivity (Wildman–Crippen MR) is 215 cm³/mol. The summed E-state index contributed by atoms with van der Waals surface area (Å²) in [6.07, 6.45) is 19.2. The molecule has 4 N–H and O–H groups in total. The van der Waals surface area contributed by atoms with E-state index in [0.29, 0.717) is 0 Å². The van der Waals surface area contributed by atoms with Crippen LogP contribution in [0.5, 0.6) is 23.0 Å². The average molecular weight is 687 g/mol. The van der Waals surface area contributed by atoms with Crippen LogP contribution < -0.4 is 20.9 Å². The van der Waals surface area contributed by atoms with E-state index < -0.39 is 0 Å². The molecule has 4 nitrogen and oxygen atoms in total. The van der Waals surface area contributed by atoms with Crippen LogP contribution in [0.15, 0.2) is 72.8 Å². The van der Waals surface area contributed by atoms with Gasteiger partial charge in [-0.3, -0.25) is 0 Å². The second kappa shape index (κ2) is 16.6. The van der Waals surface area contributed by atoms with E-state index in [1.54, 1.807) is 0 Å². The quantitative estimate of drug-likeness (QED) is 0.108. The molecule has 0 aliphatic heterocycles. The lowest BCUT2D eigenvalue weighted by Crippen LogP contribution is -2.36. The van der Waals surface area contributed by atoms with Crippen LogP contribution in [0, 0.1) is 45.4 Å². The molecule has 0 bridgehead atoms. The summed E-state index contributed by atoms with van der Waals surface area (Å²) in [6, 6.07) is 25.0. The standard InChI is InChI=1S/C47H62N2O2/c1-6-7-8-9-10-11-36-12-14-37(15-13-36)38-24-26-47(27-25-38,39-28-32(2)45(33(3)29-39)50-43-20-16-41(48)17-21-43)40-30-34(4)46(35(5)31-40)51-44-22-18-42(49)19-23-44/h16-23,28-31,36-38H,6-15,24-27,48-49H2,1-5H3/t36-,37-. The first kappa shape index (κ1) is 36.9. The number of benzene rings is 4. The highest BCUT2D eigenvalue weighted by atomic mass is 16.5. The largest absolute Gasteiger partial charge is 0.457 e. The van der Waals surface area contributed by atoms with Crippen molar-refractivity contribution in [3.05, 3.63) is 106 Å². The minimum absolute atomic E-state index is 0.0588. The maximum absolute atomic E-state index is 6.46. The lowest BCUT2D eigenvalue weighted by atomic mass is 9.59. The number of aryl methyl sites for hydroxylation is 4. The van der Waals surface area contributed by atoms with Crippen LogP contribution in [0.2, 0.25) is 0 Å². The third kappa shape index (κ3) is 8.76. The van der Waals surface area contributed by atoms with E-state index in [9.17, 15) is 0 Å². The summed E-state index contributed by atoms with van der Waals surface area (Å²) in [7, 11) is 0. The maximum atomic E-state index is 6.46. The maximum Gasteiger partial charge on any atom is 0.133 e. The molecule has 0 atom stereocenters. The highest BCUT2D eigenvalue weighted by Gasteiger charge is 2.42. The van der Waals surface area contributed by atoms with Crippen molar-refractivity contribution in [2.45, 2.75) is 130 Å². The van der Waals surface area contributed by atoms with Gasteiger partial charge in [0.15, 0.2) is 0 Å². The molecule has 2 saturated carbocycles. The van der Waals surface area contributed by atoms with Gasteiger partial charge < -0.3 is 20.9 Å². The number of hydrogen-bond donors (Lipinski definition) is 2. The Kier molecular flexibility index (Phi) is 12.0. The van der Waals surface area contributed by atoms with E-state index in [-0.39, 0.29) is 5.41 Å². The lowest BCUT2D eigenvalue weighted by molar-refractivity contribution is 0.140. The fraction of sp³-hybridized carbons (Fsp3) is 0.489. The van der Waals surface area contributed by atoms with Crippen molar-refractivity contribution < 1.29 is 9.47 Å². The Hall–Kier alpha value is -3.92. The van der Waals surface area contributed by atoms with Crippen molar-refractivity contribution in [2.24, 2.45) is 17.8 Å². The van der Waals surface area contributed by atoms with Crippen LogP contribution >= 0.6 is 0 Å². The SMILES string of the molecule is CCCCCCC[C@H]1CC[C@H](C2CCC(c3cc(C)c(Oc4ccc(N)cc4)c(C)c3)(c3cc(C)c(Oc4ccc(N)cc4)c(C)c3)CC2)CC1. The Morgan fingerprint density at radius 3 is 1.39 bits per heavy atom. The number of nitrogen functional groups attached to an aromatic ring is 2. The van der Waals surface area contributed by atoms with E-state index in [0.717, 1.165) is 52.1 Å². The molecule has 0 heterocycles. The summed E-state index contributed by atoms with van der Waals surface area (Å²) in [5.74, 6) is 6.18. The number of hydrogen-bond acceptors (Lipinski definition) is 4. The van der Waals surface area contributed by atoms with Gasteiger partial charge in [0.1, 0.15) is 23.0 Å². The van der Waals surface area contributed by atoms with E-state index in [4.69, 9.17) is 20.9 Å². The van der Waals surface area contributed by atoms with E-state index in [1.807, 2.05) is 48.5 Å². The molecule has 6 rings (SSSR count). The fourth-order valence-corrected chi connectivity index (χ4v) is 9.42. The Labute approximate surface area is 308 Å². The van der Waals surface area contributed by atoms with Crippen molar-refractivity contribution in [3.8, 4) is 23.0 Å². The van der Waals surface area contributed by atoms with Crippen molar-refractivity contribution in [3.63, 3.8) is 0 Å². The molecular weight excluding hydrogens is 625 g/mol. The molecule has 0 amide bonds. The van der Waals surface area contributed by atoms with E-state index >= 15 is 0 Å². The van der Waals surface area contributed by atoms with Crippen LogP contribution in [0.25, 0.3) is 0 Å². The molecule has 0 aromatic heterocycles. The Balaban J connectivity index is 1.25. The van der Waals surface area contributed by atoms with Crippen LogP contribution in [0.4, 0.5) is 11.4 Å². The number of ether oxygens (including phenoxy) is 2. The Morgan fingerprint density at radius 1 is 0.549 bits per heavy atom. The van der Waals surface area contributed by atoms with E-state index in [2.05, 4.69) is 58.9 Å². The van der Waals surface area contributed by atoms with Gasteiger partial charge in [0.25, 0.3) is 0 Å². The highest BCUT2D eigenvalue weighted by Crippen LogP contribution is 2.52. The van der Waals surface area contributed by atoms with Gasteiger partial charge >= 0.3 is 0 Å². The summed E-state index contributed by atoms with van der Waals surface area (Å²) in [6.45, 7) is 11.1.